The summed E-state index contributed by atoms with van der Waals surface area (Å²) in [5, 5.41) is 3.63. The Labute approximate surface area is 89.8 Å². The van der Waals surface area contributed by atoms with E-state index in [1.165, 1.54) is 0 Å². The monoisotopic (exact) mass is 252 g/mol. The molecular weight excluding hydrogens is 244 g/mol. The minimum absolute atomic E-state index is 0.123. The molecule has 0 bridgehead atoms. The summed E-state index contributed by atoms with van der Waals surface area (Å²) >= 11 is 3.39. The van der Waals surface area contributed by atoms with E-state index in [2.05, 4.69) is 21.2 Å². The number of hydrogen-bond donors (Lipinski definition) is 1. The molecule has 0 atom stereocenters. The van der Waals surface area contributed by atoms with Crippen molar-refractivity contribution in [2.24, 2.45) is 0 Å². The van der Waals surface area contributed by atoms with Crippen LogP contribution in [0, 0.1) is 0 Å². The van der Waals surface area contributed by atoms with Crippen molar-refractivity contribution in [3.63, 3.8) is 0 Å². The molecular formula is C10H9BrN2O. The fourth-order valence-corrected chi connectivity index (χ4v) is 1.79. The van der Waals surface area contributed by atoms with Crippen molar-refractivity contribution in [2.45, 2.75) is 0 Å². The number of aromatic nitrogens is 1. The second kappa shape index (κ2) is 3.46. The second-order valence-electron chi connectivity index (χ2n) is 2.94. The highest BCUT2D eigenvalue weighted by molar-refractivity contribution is 9.10. The van der Waals surface area contributed by atoms with Crippen molar-refractivity contribution in [2.75, 3.05) is 7.05 Å². The lowest BCUT2D eigenvalue weighted by Crippen LogP contribution is -2.23. The normalized spacial score (nSPS) is 10.4. The minimum atomic E-state index is -0.123. The largest absolute Gasteiger partial charge is 0.340 e. The summed E-state index contributed by atoms with van der Waals surface area (Å²) in [6.07, 6.45) is 1.76. The molecule has 0 unspecified atom stereocenters. The standard InChI is InChI=1S/C10H9BrN2O/c1-12-10(14)13-5-4-7-6-8(11)2-3-9(7)13/h2-6H,1H3,(H,12,14). The number of amides is 1. The van der Waals surface area contributed by atoms with E-state index in [-0.39, 0.29) is 6.03 Å². The molecule has 1 aromatic carbocycles. The van der Waals surface area contributed by atoms with Crippen molar-refractivity contribution in [3.05, 3.63) is 34.9 Å². The van der Waals surface area contributed by atoms with Gasteiger partial charge in [-0.1, -0.05) is 15.9 Å². The number of benzene rings is 1. The average Bonchev–Trinajstić information content (AvgIpc) is 2.59. The van der Waals surface area contributed by atoms with Gasteiger partial charge in [-0.25, -0.2) is 4.79 Å². The number of rotatable bonds is 0. The third kappa shape index (κ3) is 1.42. The highest BCUT2D eigenvalue weighted by atomic mass is 79.9. The molecule has 0 saturated heterocycles. The van der Waals surface area contributed by atoms with Crippen LogP contribution in [0.15, 0.2) is 34.9 Å². The third-order valence-corrected chi connectivity index (χ3v) is 2.58. The van der Waals surface area contributed by atoms with E-state index < -0.39 is 0 Å². The molecule has 0 fully saturated rings. The molecule has 0 saturated carbocycles. The van der Waals surface area contributed by atoms with Crippen molar-refractivity contribution >= 4 is 32.9 Å². The molecule has 2 aromatic rings. The quantitative estimate of drug-likeness (QED) is 0.769. The van der Waals surface area contributed by atoms with E-state index in [1.54, 1.807) is 17.8 Å². The van der Waals surface area contributed by atoms with Gasteiger partial charge in [-0.3, -0.25) is 4.57 Å². The zero-order valence-corrected chi connectivity index (χ0v) is 9.21. The Bertz CT molecular complexity index is 490. The number of carbonyl (C=O) groups excluding carboxylic acids is 1. The van der Waals surface area contributed by atoms with Gasteiger partial charge in [0.25, 0.3) is 0 Å². The Balaban J connectivity index is 2.64. The number of carbonyl (C=O) groups is 1. The zero-order chi connectivity index (χ0) is 10.1. The maximum absolute atomic E-state index is 11.4. The number of fused-ring (bicyclic) bond motifs is 1. The molecule has 14 heavy (non-hydrogen) atoms. The van der Waals surface area contributed by atoms with Gasteiger partial charge in [0.15, 0.2) is 0 Å². The summed E-state index contributed by atoms with van der Waals surface area (Å²) < 4.78 is 2.60. The number of halogens is 1. The molecule has 72 valence electrons. The van der Waals surface area contributed by atoms with E-state index in [9.17, 15) is 4.79 Å². The molecule has 0 aliphatic rings. The van der Waals surface area contributed by atoms with Gasteiger partial charge in [-0.15, -0.1) is 0 Å². The predicted octanol–water partition coefficient (Wildman–Crippen LogP) is 2.59. The van der Waals surface area contributed by atoms with E-state index in [4.69, 9.17) is 0 Å². The zero-order valence-electron chi connectivity index (χ0n) is 7.62. The van der Waals surface area contributed by atoms with Crippen LogP contribution in [-0.4, -0.2) is 17.6 Å². The fourth-order valence-electron chi connectivity index (χ4n) is 1.41. The maximum atomic E-state index is 11.4. The van der Waals surface area contributed by atoms with Crippen LogP contribution in [0.3, 0.4) is 0 Å². The van der Waals surface area contributed by atoms with Gasteiger partial charge in [0.2, 0.25) is 0 Å². The molecule has 0 radical (unpaired) electrons. The third-order valence-electron chi connectivity index (χ3n) is 2.08. The number of nitrogens with one attached hydrogen (secondary N) is 1. The minimum Gasteiger partial charge on any atom is -0.340 e. The smallest absolute Gasteiger partial charge is 0.325 e. The van der Waals surface area contributed by atoms with Gasteiger partial charge in [-0.2, -0.15) is 0 Å². The van der Waals surface area contributed by atoms with Gasteiger partial charge >= 0.3 is 6.03 Å². The Kier molecular flexibility index (Phi) is 2.29. The van der Waals surface area contributed by atoms with E-state index >= 15 is 0 Å². The van der Waals surface area contributed by atoms with Crippen LogP contribution >= 0.6 is 15.9 Å². The molecule has 1 amide bonds. The molecule has 2 rings (SSSR count). The summed E-state index contributed by atoms with van der Waals surface area (Å²) in [4.78, 5) is 11.4. The Morgan fingerprint density at radius 2 is 2.21 bits per heavy atom. The fraction of sp³-hybridized carbons (Fsp3) is 0.100. The molecule has 1 aromatic heterocycles. The van der Waals surface area contributed by atoms with Crippen molar-refractivity contribution < 1.29 is 4.79 Å². The molecule has 1 N–H and O–H groups in total. The molecule has 0 aliphatic heterocycles. The second-order valence-corrected chi connectivity index (χ2v) is 3.86. The lowest BCUT2D eigenvalue weighted by Gasteiger charge is -2.02. The van der Waals surface area contributed by atoms with Gasteiger partial charge in [-0.05, 0) is 24.3 Å². The van der Waals surface area contributed by atoms with E-state index in [0.717, 1.165) is 15.4 Å². The first-order chi connectivity index (χ1) is 6.72. The van der Waals surface area contributed by atoms with Crippen LogP contribution in [0.25, 0.3) is 10.9 Å². The predicted molar refractivity (Wildman–Crippen MR) is 59.5 cm³/mol. The van der Waals surface area contributed by atoms with Crippen LogP contribution in [0.4, 0.5) is 4.79 Å². The van der Waals surface area contributed by atoms with Crippen molar-refractivity contribution in [1.82, 2.24) is 9.88 Å². The first-order valence-corrected chi connectivity index (χ1v) is 5.00. The molecule has 0 aliphatic carbocycles. The van der Waals surface area contributed by atoms with Gasteiger partial charge in [0.05, 0.1) is 5.52 Å². The van der Waals surface area contributed by atoms with Gasteiger partial charge < -0.3 is 5.32 Å². The number of hydrogen-bond acceptors (Lipinski definition) is 1. The van der Waals surface area contributed by atoms with Crippen LogP contribution in [0.2, 0.25) is 0 Å². The number of nitrogens with zero attached hydrogens (tertiary/aromatic N) is 1. The summed E-state index contributed by atoms with van der Waals surface area (Å²) in [5.74, 6) is 0. The Morgan fingerprint density at radius 1 is 1.43 bits per heavy atom. The summed E-state index contributed by atoms with van der Waals surface area (Å²) in [5.41, 5.74) is 0.910. The summed E-state index contributed by atoms with van der Waals surface area (Å²) in [7, 11) is 1.62. The van der Waals surface area contributed by atoms with Crippen LogP contribution in [-0.2, 0) is 0 Å². The SMILES string of the molecule is CNC(=O)n1ccc2cc(Br)ccc21. The van der Waals surface area contributed by atoms with Crippen LogP contribution in [0.1, 0.15) is 0 Å². The van der Waals surface area contributed by atoms with Gasteiger partial charge in [0, 0.05) is 23.1 Å². The Hall–Kier alpha value is -1.29. The highest BCUT2D eigenvalue weighted by Crippen LogP contribution is 2.20. The average molecular weight is 253 g/mol. The first kappa shape index (κ1) is 9.27. The van der Waals surface area contributed by atoms with E-state index in [0.29, 0.717) is 0 Å². The van der Waals surface area contributed by atoms with Crippen molar-refractivity contribution in [3.8, 4) is 0 Å². The maximum Gasteiger partial charge on any atom is 0.325 e. The van der Waals surface area contributed by atoms with Gasteiger partial charge in [0.1, 0.15) is 0 Å². The summed E-state index contributed by atoms with van der Waals surface area (Å²) in [6, 6.07) is 7.60. The summed E-state index contributed by atoms with van der Waals surface area (Å²) in [6.45, 7) is 0. The Morgan fingerprint density at radius 3 is 2.93 bits per heavy atom. The lowest BCUT2D eigenvalue weighted by molar-refractivity contribution is 0.245. The molecule has 0 spiro atoms. The van der Waals surface area contributed by atoms with E-state index in [1.807, 2.05) is 24.3 Å². The lowest BCUT2D eigenvalue weighted by atomic mass is 10.2. The first-order valence-electron chi connectivity index (χ1n) is 4.21. The van der Waals surface area contributed by atoms with Crippen molar-refractivity contribution in [1.29, 1.82) is 0 Å². The molecule has 4 heteroatoms. The highest BCUT2D eigenvalue weighted by Gasteiger charge is 2.06. The van der Waals surface area contributed by atoms with Crippen LogP contribution < -0.4 is 5.32 Å². The molecule has 3 nitrogen and oxygen atoms in total. The molecule has 1 heterocycles. The van der Waals surface area contributed by atoms with Crippen LogP contribution in [0.5, 0.6) is 0 Å². The topological polar surface area (TPSA) is 34.0 Å².